The van der Waals surface area contributed by atoms with Crippen LogP contribution in [0.4, 0.5) is 11.5 Å². The second-order valence-corrected chi connectivity index (χ2v) is 8.70. The maximum atomic E-state index is 11.3. The second kappa shape index (κ2) is 9.02. The van der Waals surface area contributed by atoms with E-state index in [1.54, 1.807) is 0 Å². The van der Waals surface area contributed by atoms with Crippen LogP contribution in [-0.4, -0.2) is 30.7 Å². The van der Waals surface area contributed by atoms with Gasteiger partial charge in [0.05, 0.1) is 18.1 Å². The van der Waals surface area contributed by atoms with Crippen molar-refractivity contribution in [3.8, 4) is 17.0 Å². The predicted molar refractivity (Wildman–Crippen MR) is 115 cm³/mol. The van der Waals surface area contributed by atoms with Crippen LogP contribution in [0.25, 0.3) is 11.3 Å². The van der Waals surface area contributed by atoms with Crippen molar-refractivity contribution >= 4 is 21.5 Å². The van der Waals surface area contributed by atoms with E-state index in [2.05, 4.69) is 20.0 Å². The highest BCUT2D eigenvalue weighted by molar-refractivity contribution is 7.88. The Balaban J connectivity index is 1.81. The number of hydrogen-bond donors (Lipinski definition) is 2. The van der Waals surface area contributed by atoms with Crippen LogP contribution in [0.5, 0.6) is 5.75 Å². The topological polar surface area (TPSA) is 93.2 Å². The first kappa shape index (κ1) is 20.8. The van der Waals surface area contributed by atoms with Crippen molar-refractivity contribution < 1.29 is 13.2 Å². The van der Waals surface area contributed by atoms with Gasteiger partial charge in [-0.1, -0.05) is 24.3 Å². The third-order valence-corrected chi connectivity index (χ3v) is 4.60. The van der Waals surface area contributed by atoms with Crippen LogP contribution in [0, 0.1) is 0 Å². The Morgan fingerprint density at radius 3 is 2.59 bits per heavy atom. The highest BCUT2D eigenvalue weighted by Crippen LogP contribution is 2.30. The molecule has 0 amide bonds. The van der Waals surface area contributed by atoms with Crippen LogP contribution in [0.1, 0.15) is 19.4 Å². The second-order valence-electron chi connectivity index (χ2n) is 6.87. The lowest BCUT2D eigenvalue weighted by Gasteiger charge is -2.14. The van der Waals surface area contributed by atoms with Gasteiger partial charge in [0.25, 0.3) is 0 Å². The molecule has 0 atom stereocenters. The summed E-state index contributed by atoms with van der Waals surface area (Å²) in [6.07, 6.45) is 2.69. The van der Waals surface area contributed by atoms with Gasteiger partial charge in [-0.3, -0.25) is 0 Å². The Kier molecular flexibility index (Phi) is 6.46. The molecule has 0 aliphatic rings. The monoisotopic (exact) mass is 412 g/mol. The first-order valence-electron chi connectivity index (χ1n) is 9.19. The molecule has 1 heterocycles. The van der Waals surface area contributed by atoms with Crippen LogP contribution in [0.15, 0.2) is 60.9 Å². The van der Waals surface area contributed by atoms with E-state index < -0.39 is 10.0 Å². The zero-order chi connectivity index (χ0) is 20.9. The lowest BCUT2D eigenvalue weighted by Crippen LogP contribution is -2.21. The van der Waals surface area contributed by atoms with E-state index in [1.165, 1.54) is 6.33 Å². The molecule has 2 aromatic carbocycles. The number of sulfonamides is 1. The Hall–Kier alpha value is -2.97. The maximum Gasteiger partial charge on any atom is 0.209 e. The van der Waals surface area contributed by atoms with Gasteiger partial charge >= 0.3 is 0 Å². The summed E-state index contributed by atoms with van der Waals surface area (Å²) in [6, 6.07) is 17.1. The molecule has 0 fully saturated rings. The molecule has 0 aliphatic heterocycles. The summed E-state index contributed by atoms with van der Waals surface area (Å²) < 4.78 is 31.0. The molecule has 0 unspecified atom stereocenters. The lowest BCUT2D eigenvalue weighted by molar-refractivity contribution is 0.243. The van der Waals surface area contributed by atoms with Gasteiger partial charge in [0.2, 0.25) is 10.0 Å². The van der Waals surface area contributed by atoms with E-state index in [4.69, 9.17) is 4.74 Å². The molecule has 152 valence electrons. The number of benzene rings is 2. The van der Waals surface area contributed by atoms with Gasteiger partial charge in [0, 0.05) is 23.9 Å². The molecule has 0 radical (unpaired) electrons. The molecule has 0 saturated carbocycles. The van der Waals surface area contributed by atoms with Crippen molar-refractivity contribution in [1.82, 2.24) is 14.7 Å². The number of nitrogens with zero attached hydrogens (tertiary/aromatic N) is 2. The van der Waals surface area contributed by atoms with E-state index in [0.717, 1.165) is 34.5 Å². The number of hydrogen-bond acceptors (Lipinski definition) is 6. The van der Waals surface area contributed by atoms with E-state index >= 15 is 0 Å². The van der Waals surface area contributed by atoms with E-state index in [9.17, 15) is 8.42 Å². The Labute approximate surface area is 171 Å². The molecule has 1 aromatic heterocycles. The van der Waals surface area contributed by atoms with Gasteiger partial charge in [-0.2, -0.15) is 0 Å². The van der Waals surface area contributed by atoms with Crippen LogP contribution < -0.4 is 14.8 Å². The zero-order valence-corrected chi connectivity index (χ0v) is 17.4. The zero-order valence-electron chi connectivity index (χ0n) is 16.6. The number of nitrogens with one attached hydrogen (secondary N) is 2. The van der Waals surface area contributed by atoms with Crippen molar-refractivity contribution in [3.05, 3.63) is 66.5 Å². The molecule has 0 bridgehead atoms. The number of rotatable bonds is 8. The quantitative estimate of drug-likeness (QED) is 0.586. The molecule has 0 aliphatic carbocycles. The first-order valence-corrected chi connectivity index (χ1v) is 11.1. The Morgan fingerprint density at radius 2 is 1.83 bits per heavy atom. The van der Waals surface area contributed by atoms with Crippen molar-refractivity contribution in [1.29, 1.82) is 0 Å². The minimum atomic E-state index is -3.25. The number of aromatic nitrogens is 2. The van der Waals surface area contributed by atoms with Gasteiger partial charge in [-0.15, -0.1) is 0 Å². The van der Waals surface area contributed by atoms with Crippen molar-refractivity contribution in [2.45, 2.75) is 26.5 Å². The molecule has 2 N–H and O–H groups in total. The van der Waals surface area contributed by atoms with Crippen LogP contribution in [-0.2, 0) is 16.6 Å². The molecule has 0 spiro atoms. The summed E-state index contributed by atoms with van der Waals surface area (Å²) >= 11 is 0. The fourth-order valence-electron chi connectivity index (χ4n) is 2.73. The van der Waals surface area contributed by atoms with Crippen molar-refractivity contribution in [2.24, 2.45) is 0 Å². The molecule has 7 nitrogen and oxygen atoms in total. The SMILES string of the molecule is CC(C)Oc1ccccc1-c1cc(Nc2cccc(CNS(C)(=O)=O)c2)ncn1. The highest BCUT2D eigenvalue weighted by atomic mass is 32.2. The third kappa shape index (κ3) is 6.27. The predicted octanol–water partition coefficient (Wildman–Crippen LogP) is 3.72. The molecule has 3 rings (SSSR count). The molecular formula is C21H24N4O3S. The Morgan fingerprint density at radius 1 is 1.03 bits per heavy atom. The van der Waals surface area contributed by atoms with Crippen LogP contribution in [0.3, 0.4) is 0 Å². The summed E-state index contributed by atoms with van der Waals surface area (Å²) in [5, 5.41) is 3.24. The summed E-state index contributed by atoms with van der Waals surface area (Å²) in [5.41, 5.74) is 3.27. The summed E-state index contributed by atoms with van der Waals surface area (Å²) in [4.78, 5) is 8.68. The number of ether oxygens (including phenoxy) is 1. The average Bonchev–Trinajstić information content (AvgIpc) is 2.66. The standard InChI is InChI=1S/C21H24N4O3S/c1-15(2)28-20-10-5-4-9-18(20)19-12-21(23-14-22-19)25-17-8-6-7-16(11-17)13-24-29(3,26)27/h4-12,14-15,24H,13H2,1-3H3,(H,22,23,25). The fraction of sp³-hybridized carbons (Fsp3) is 0.238. The smallest absolute Gasteiger partial charge is 0.209 e. The van der Waals surface area contributed by atoms with E-state index in [-0.39, 0.29) is 12.6 Å². The van der Waals surface area contributed by atoms with Gasteiger partial charge < -0.3 is 10.1 Å². The third-order valence-electron chi connectivity index (χ3n) is 3.93. The maximum absolute atomic E-state index is 11.3. The van der Waals surface area contributed by atoms with Gasteiger partial charge in [-0.25, -0.2) is 23.1 Å². The Bertz CT molecular complexity index is 1080. The van der Waals surface area contributed by atoms with Gasteiger partial charge in [0.1, 0.15) is 17.9 Å². The summed E-state index contributed by atoms with van der Waals surface area (Å²) in [7, 11) is -3.25. The number of anilines is 2. The molecule has 29 heavy (non-hydrogen) atoms. The molecular weight excluding hydrogens is 388 g/mol. The molecule has 0 saturated heterocycles. The normalized spacial score (nSPS) is 11.4. The fourth-order valence-corrected chi connectivity index (χ4v) is 3.16. The summed E-state index contributed by atoms with van der Waals surface area (Å²) in [5.74, 6) is 1.39. The average molecular weight is 413 g/mol. The minimum Gasteiger partial charge on any atom is -0.490 e. The number of para-hydroxylation sites is 1. The van der Waals surface area contributed by atoms with Crippen LogP contribution in [0.2, 0.25) is 0 Å². The summed E-state index contributed by atoms with van der Waals surface area (Å²) in [6.45, 7) is 4.19. The van der Waals surface area contributed by atoms with Crippen molar-refractivity contribution in [3.63, 3.8) is 0 Å². The van der Waals surface area contributed by atoms with Crippen molar-refractivity contribution in [2.75, 3.05) is 11.6 Å². The largest absolute Gasteiger partial charge is 0.490 e. The van der Waals surface area contributed by atoms with E-state index in [0.29, 0.717) is 5.82 Å². The van der Waals surface area contributed by atoms with Gasteiger partial charge in [-0.05, 0) is 43.7 Å². The first-order chi connectivity index (χ1) is 13.8. The van der Waals surface area contributed by atoms with Gasteiger partial charge in [0.15, 0.2) is 0 Å². The lowest BCUT2D eigenvalue weighted by atomic mass is 10.1. The van der Waals surface area contributed by atoms with E-state index in [1.807, 2.05) is 68.4 Å². The van der Waals surface area contributed by atoms with Crippen LogP contribution >= 0.6 is 0 Å². The minimum absolute atomic E-state index is 0.0545. The molecule has 3 aromatic rings. The molecule has 8 heteroatoms. The highest BCUT2D eigenvalue weighted by Gasteiger charge is 2.10.